The summed E-state index contributed by atoms with van der Waals surface area (Å²) in [6.07, 6.45) is 6.58. The van der Waals surface area contributed by atoms with E-state index in [1.807, 2.05) is 20.8 Å². The first kappa shape index (κ1) is 15.9. The highest BCUT2D eigenvalue weighted by Crippen LogP contribution is 2.10. The van der Waals surface area contributed by atoms with Crippen molar-refractivity contribution in [2.45, 2.75) is 78.4 Å². The zero-order chi connectivity index (χ0) is 12.6. The molecule has 0 aromatic rings. The summed E-state index contributed by atoms with van der Waals surface area (Å²) in [4.78, 5) is 0. The quantitative estimate of drug-likeness (QED) is 0.594. The maximum absolute atomic E-state index is 9.73. The molecule has 0 aromatic heterocycles. The Morgan fingerprint density at radius 2 is 1.56 bits per heavy atom. The lowest BCUT2D eigenvalue weighted by molar-refractivity contribution is 0.0443. The Balaban J connectivity index is 3.28. The van der Waals surface area contributed by atoms with Crippen LogP contribution in [0, 0.1) is 5.92 Å². The normalized spacial score (nSPS) is 14.4. The molecule has 0 saturated heterocycles. The fourth-order valence-electron chi connectivity index (χ4n) is 1.60. The lowest BCUT2D eigenvalue weighted by Gasteiger charge is -2.26. The van der Waals surface area contributed by atoms with Crippen molar-refractivity contribution in [3.8, 4) is 0 Å². The molecule has 0 rings (SSSR count). The van der Waals surface area contributed by atoms with Crippen LogP contribution in [-0.4, -0.2) is 23.3 Å². The van der Waals surface area contributed by atoms with Crippen molar-refractivity contribution in [2.24, 2.45) is 5.92 Å². The van der Waals surface area contributed by atoms with Gasteiger partial charge in [-0.3, -0.25) is 0 Å². The third kappa shape index (κ3) is 9.17. The minimum absolute atomic E-state index is 0.170. The van der Waals surface area contributed by atoms with Crippen molar-refractivity contribution in [1.82, 2.24) is 5.32 Å². The zero-order valence-corrected chi connectivity index (χ0v) is 11.8. The summed E-state index contributed by atoms with van der Waals surface area (Å²) in [6.45, 7) is 11.3. The zero-order valence-electron chi connectivity index (χ0n) is 11.8. The lowest BCUT2D eigenvalue weighted by Crippen LogP contribution is -2.44. The maximum Gasteiger partial charge on any atom is 0.0741 e. The number of aliphatic hydroxyl groups is 1. The van der Waals surface area contributed by atoms with Crippen molar-refractivity contribution < 1.29 is 5.11 Å². The van der Waals surface area contributed by atoms with Crippen molar-refractivity contribution in [3.05, 3.63) is 0 Å². The molecule has 0 aliphatic heterocycles. The Morgan fingerprint density at radius 1 is 1.00 bits per heavy atom. The van der Waals surface area contributed by atoms with Crippen LogP contribution in [0.1, 0.15) is 66.7 Å². The van der Waals surface area contributed by atoms with Gasteiger partial charge in [0.25, 0.3) is 0 Å². The number of rotatable bonds is 9. The van der Waals surface area contributed by atoms with Gasteiger partial charge in [-0.15, -0.1) is 0 Å². The predicted molar refractivity (Wildman–Crippen MR) is 71.7 cm³/mol. The van der Waals surface area contributed by atoms with Gasteiger partial charge in [-0.05, 0) is 39.7 Å². The van der Waals surface area contributed by atoms with Crippen molar-refractivity contribution in [3.63, 3.8) is 0 Å². The van der Waals surface area contributed by atoms with Gasteiger partial charge in [-0.25, -0.2) is 0 Å². The van der Waals surface area contributed by atoms with E-state index in [4.69, 9.17) is 0 Å². The molecule has 0 spiro atoms. The van der Waals surface area contributed by atoms with Gasteiger partial charge in [0.2, 0.25) is 0 Å². The van der Waals surface area contributed by atoms with Gasteiger partial charge in [0.15, 0.2) is 0 Å². The third-order valence-electron chi connectivity index (χ3n) is 3.22. The average molecular weight is 229 g/mol. The van der Waals surface area contributed by atoms with Crippen LogP contribution in [0.5, 0.6) is 0 Å². The highest BCUT2D eigenvalue weighted by molar-refractivity contribution is 4.79. The minimum Gasteiger partial charge on any atom is -0.389 e. The Hall–Kier alpha value is -0.0800. The van der Waals surface area contributed by atoms with Crippen LogP contribution in [0.3, 0.4) is 0 Å². The molecule has 0 aliphatic rings. The van der Waals surface area contributed by atoms with Gasteiger partial charge < -0.3 is 10.4 Å². The lowest BCUT2D eigenvalue weighted by atomic mass is 10.0. The first-order chi connectivity index (χ1) is 7.34. The van der Waals surface area contributed by atoms with Gasteiger partial charge in [0, 0.05) is 6.04 Å². The second kappa shape index (κ2) is 8.08. The molecule has 98 valence electrons. The highest BCUT2D eigenvalue weighted by atomic mass is 16.3. The van der Waals surface area contributed by atoms with E-state index in [1.54, 1.807) is 0 Å². The summed E-state index contributed by atoms with van der Waals surface area (Å²) in [5, 5.41) is 13.1. The van der Waals surface area contributed by atoms with Gasteiger partial charge in [0.1, 0.15) is 0 Å². The Labute approximate surface area is 102 Å². The summed E-state index contributed by atoms with van der Waals surface area (Å²) >= 11 is 0. The largest absolute Gasteiger partial charge is 0.389 e. The molecule has 0 heterocycles. The summed E-state index contributed by atoms with van der Waals surface area (Å²) in [5.74, 6) is 0.841. The van der Waals surface area contributed by atoms with E-state index in [2.05, 4.69) is 19.2 Å². The summed E-state index contributed by atoms with van der Waals surface area (Å²) < 4.78 is 0. The van der Waals surface area contributed by atoms with Crippen LogP contribution < -0.4 is 5.32 Å². The van der Waals surface area contributed by atoms with Gasteiger partial charge in [-0.1, -0.05) is 39.5 Å². The van der Waals surface area contributed by atoms with Gasteiger partial charge >= 0.3 is 0 Å². The van der Waals surface area contributed by atoms with Gasteiger partial charge in [-0.2, -0.15) is 0 Å². The van der Waals surface area contributed by atoms with E-state index in [1.165, 1.54) is 32.1 Å². The molecule has 2 N–H and O–H groups in total. The molecule has 0 amide bonds. The number of hydrogen-bond acceptors (Lipinski definition) is 2. The Morgan fingerprint density at radius 3 is 2.06 bits per heavy atom. The molecule has 0 saturated carbocycles. The SMILES string of the molecule is CC(C)CCCCCCNC(C)C(C)(C)O. The highest BCUT2D eigenvalue weighted by Gasteiger charge is 2.20. The molecule has 1 unspecified atom stereocenters. The van der Waals surface area contributed by atoms with Crippen LogP contribution >= 0.6 is 0 Å². The summed E-state index contributed by atoms with van der Waals surface area (Å²) in [7, 11) is 0. The smallest absolute Gasteiger partial charge is 0.0741 e. The minimum atomic E-state index is -0.613. The monoisotopic (exact) mass is 229 g/mol. The first-order valence-corrected chi connectivity index (χ1v) is 6.79. The molecule has 0 aliphatic carbocycles. The van der Waals surface area contributed by atoms with E-state index < -0.39 is 5.60 Å². The molecule has 16 heavy (non-hydrogen) atoms. The van der Waals surface area contributed by atoms with Crippen LogP contribution in [0.25, 0.3) is 0 Å². The maximum atomic E-state index is 9.73. The molecule has 0 fully saturated rings. The fourth-order valence-corrected chi connectivity index (χ4v) is 1.60. The van der Waals surface area contributed by atoms with Crippen molar-refractivity contribution >= 4 is 0 Å². The molecule has 2 nitrogen and oxygen atoms in total. The molecular formula is C14H31NO. The van der Waals surface area contributed by atoms with Crippen molar-refractivity contribution in [1.29, 1.82) is 0 Å². The van der Waals surface area contributed by atoms with Crippen molar-refractivity contribution in [2.75, 3.05) is 6.54 Å². The average Bonchev–Trinajstić information content (AvgIpc) is 2.14. The Kier molecular flexibility index (Phi) is 8.04. The Bertz CT molecular complexity index is 161. The molecule has 1 atom stereocenters. The molecule has 0 aromatic carbocycles. The van der Waals surface area contributed by atoms with E-state index in [9.17, 15) is 5.11 Å². The summed E-state index contributed by atoms with van der Waals surface area (Å²) in [5.41, 5.74) is -0.613. The topological polar surface area (TPSA) is 32.3 Å². The second-order valence-electron chi connectivity index (χ2n) is 5.93. The first-order valence-electron chi connectivity index (χ1n) is 6.79. The number of hydrogen-bond donors (Lipinski definition) is 2. The number of unbranched alkanes of at least 4 members (excludes halogenated alkanes) is 3. The van der Waals surface area contributed by atoms with E-state index in [0.29, 0.717) is 0 Å². The van der Waals surface area contributed by atoms with Crippen LogP contribution in [0.15, 0.2) is 0 Å². The standard InChI is InChI=1S/C14H31NO/c1-12(2)10-8-6-7-9-11-15-13(3)14(4,5)16/h12-13,15-16H,6-11H2,1-5H3. The van der Waals surface area contributed by atoms with E-state index in [0.717, 1.165) is 12.5 Å². The van der Waals surface area contributed by atoms with E-state index in [-0.39, 0.29) is 6.04 Å². The van der Waals surface area contributed by atoms with Crippen LogP contribution in [0.4, 0.5) is 0 Å². The summed E-state index contributed by atoms with van der Waals surface area (Å²) in [6, 6.07) is 0.170. The number of nitrogens with one attached hydrogen (secondary N) is 1. The fraction of sp³-hybridized carbons (Fsp3) is 1.00. The predicted octanol–water partition coefficient (Wildman–Crippen LogP) is 3.34. The van der Waals surface area contributed by atoms with Crippen LogP contribution in [0.2, 0.25) is 0 Å². The second-order valence-corrected chi connectivity index (χ2v) is 5.93. The van der Waals surface area contributed by atoms with Crippen LogP contribution in [-0.2, 0) is 0 Å². The molecule has 0 radical (unpaired) electrons. The third-order valence-corrected chi connectivity index (χ3v) is 3.22. The van der Waals surface area contributed by atoms with Gasteiger partial charge in [0.05, 0.1) is 5.60 Å². The van der Waals surface area contributed by atoms with E-state index >= 15 is 0 Å². The molecular weight excluding hydrogens is 198 g/mol. The molecule has 0 bridgehead atoms. The molecule has 2 heteroatoms.